The minimum Gasteiger partial charge on any atom is -0.495 e. The summed E-state index contributed by atoms with van der Waals surface area (Å²) in [6.07, 6.45) is 3.26. The van der Waals surface area contributed by atoms with E-state index in [-0.39, 0.29) is 5.88 Å². The third-order valence-corrected chi connectivity index (χ3v) is 0.927. The Morgan fingerprint density at radius 2 is 2.67 bits per heavy atom. The van der Waals surface area contributed by atoms with E-state index in [9.17, 15) is 4.79 Å². The van der Waals surface area contributed by atoms with Gasteiger partial charge in [0.15, 0.2) is 5.88 Å². The number of carbonyl (C=O) groups excluding carboxylic acids is 1. The molecule has 1 unspecified atom stereocenters. The molecule has 0 aromatic heterocycles. The average molecular weight is 126 g/mol. The van der Waals surface area contributed by atoms with Gasteiger partial charge in [0.1, 0.15) is 12.3 Å². The molecule has 4 nitrogen and oxygen atoms in total. The number of carbonyl (C=O) groups is 1. The van der Waals surface area contributed by atoms with Crippen molar-refractivity contribution in [1.29, 1.82) is 0 Å². The molecule has 48 valence electrons. The van der Waals surface area contributed by atoms with E-state index in [1.807, 2.05) is 0 Å². The van der Waals surface area contributed by atoms with E-state index < -0.39 is 6.04 Å². The van der Waals surface area contributed by atoms with Crippen molar-refractivity contribution < 1.29 is 9.90 Å². The van der Waals surface area contributed by atoms with E-state index in [0.29, 0.717) is 6.29 Å². The van der Waals surface area contributed by atoms with E-state index >= 15 is 0 Å². The van der Waals surface area contributed by atoms with Crippen LogP contribution in [0, 0.1) is 0 Å². The first kappa shape index (κ1) is 5.81. The lowest BCUT2D eigenvalue weighted by atomic mass is 10.3. The second-order valence-electron chi connectivity index (χ2n) is 1.60. The molecule has 0 radical (unpaired) electrons. The summed E-state index contributed by atoms with van der Waals surface area (Å²) in [6.45, 7) is 0. The van der Waals surface area contributed by atoms with Crippen molar-refractivity contribution in [1.82, 2.24) is 5.32 Å². The zero-order valence-corrected chi connectivity index (χ0v) is 4.61. The predicted octanol–water partition coefficient (Wildman–Crippen LogP) is -0.415. The number of hydrogen-bond acceptors (Lipinski definition) is 4. The Labute approximate surface area is 51.9 Å². The highest BCUT2D eigenvalue weighted by Gasteiger charge is 2.04. The molecule has 2 N–H and O–H groups in total. The molecule has 0 aromatic carbocycles. The Hall–Kier alpha value is -1.32. The molecule has 1 heterocycles. The fourth-order valence-electron chi connectivity index (χ4n) is 0.517. The molecule has 1 aliphatic rings. The van der Waals surface area contributed by atoms with E-state index in [1.54, 1.807) is 0 Å². The maximum absolute atomic E-state index is 10.0. The molecule has 1 rings (SSSR count). The summed E-state index contributed by atoms with van der Waals surface area (Å²) in [5.74, 6) is -0.0258. The van der Waals surface area contributed by atoms with Crippen LogP contribution in [0.4, 0.5) is 0 Å². The summed E-state index contributed by atoms with van der Waals surface area (Å²) >= 11 is 0. The van der Waals surface area contributed by atoms with Crippen LogP contribution >= 0.6 is 0 Å². The van der Waals surface area contributed by atoms with E-state index in [2.05, 4.69) is 10.3 Å². The van der Waals surface area contributed by atoms with Crippen molar-refractivity contribution in [2.75, 3.05) is 0 Å². The second-order valence-corrected chi connectivity index (χ2v) is 1.60. The topological polar surface area (TPSA) is 61.7 Å². The SMILES string of the molecule is O=CC1C=C(O)NC=N1. The van der Waals surface area contributed by atoms with Crippen molar-refractivity contribution in [3.63, 3.8) is 0 Å². The lowest BCUT2D eigenvalue weighted by Crippen LogP contribution is -2.20. The van der Waals surface area contributed by atoms with Gasteiger partial charge in [-0.3, -0.25) is 4.99 Å². The predicted molar refractivity (Wildman–Crippen MR) is 32.2 cm³/mol. The molecule has 4 heteroatoms. The monoisotopic (exact) mass is 126 g/mol. The van der Waals surface area contributed by atoms with Crippen LogP contribution < -0.4 is 5.32 Å². The van der Waals surface area contributed by atoms with Crippen LogP contribution in [-0.2, 0) is 4.79 Å². The molecule has 0 fully saturated rings. The summed E-state index contributed by atoms with van der Waals surface area (Å²) in [4.78, 5) is 13.7. The first-order valence-corrected chi connectivity index (χ1v) is 2.47. The highest BCUT2D eigenvalue weighted by atomic mass is 16.3. The van der Waals surface area contributed by atoms with Gasteiger partial charge in [-0.1, -0.05) is 0 Å². The number of rotatable bonds is 1. The van der Waals surface area contributed by atoms with Gasteiger partial charge in [0, 0.05) is 6.08 Å². The molecule has 0 saturated heterocycles. The standard InChI is InChI=1S/C5H6N2O2/c8-2-4-1-5(9)7-3-6-4/h1-4,9H,(H,6,7). The molecule has 0 aliphatic carbocycles. The third kappa shape index (κ3) is 1.28. The number of aliphatic hydroxyl groups is 1. The minimum absolute atomic E-state index is 0.0258. The molecule has 1 aliphatic heterocycles. The highest BCUT2D eigenvalue weighted by Crippen LogP contribution is 1.95. The Kier molecular flexibility index (Phi) is 1.48. The molecular formula is C5H6N2O2. The molecule has 0 saturated carbocycles. The van der Waals surface area contributed by atoms with E-state index in [4.69, 9.17) is 5.11 Å². The Balaban J connectivity index is 2.65. The number of aliphatic imine (C=N–C) groups is 1. The van der Waals surface area contributed by atoms with Crippen LogP contribution in [0.15, 0.2) is 17.0 Å². The van der Waals surface area contributed by atoms with Gasteiger partial charge in [-0.05, 0) is 0 Å². The van der Waals surface area contributed by atoms with Crippen LogP contribution in [0.5, 0.6) is 0 Å². The van der Waals surface area contributed by atoms with Gasteiger partial charge in [-0.25, -0.2) is 0 Å². The van der Waals surface area contributed by atoms with Crippen molar-refractivity contribution in [2.45, 2.75) is 6.04 Å². The number of aldehydes is 1. The highest BCUT2D eigenvalue weighted by molar-refractivity contribution is 5.69. The van der Waals surface area contributed by atoms with Crippen LogP contribution in [0.25, 0.3) is 0 Å². The van der Waals surface area contributed by atoms with Gasteiger partial charge in [-0.2, -0.15) is 0 Å². The lowest BCUT2D eigenvalue weighted by molar-refractivity contribution is -0.108. The van der Waals surface area contributed by atoms with Crippen LogP contribution in [0.1, 0.15) is 0 Å². The van der Waals surface area contributed by atoms with Crippen molar-refractivity contribution in [3.8, 4) is 0 Å². The van der Waals surface area contributed by atoms with Crippen molar-refractivity contribution >= 4 is 12.6 Å². The summed E-state index contributed by atoms with van der Waals surface area (Å²) in [5.41, 5.74) is 0. The molecule has 9 heavy (non-hydrogen) atoms. The van der Waals surface area contributed by atoms with Gasteiger partial charge in [-0.15, -0.1) is 0 Å². The average Bonchev–Trinajstić information content (AvgIpc) is 1.88. The number of nitrogens with zero attached hydrogens (tertiary/aromatic N) is 1. The lowest BCUT2D eigenvalue weighted by Gasteiger charge is -2.06. The molecule has 0 bridgehead atoms. The Bertz CT molecular complexity index is 174. The minimum atomic E-state index is -0.522. The number of nitrogens with one attached hydrogen (secondary N) is 1. The largest absolute Gasteiger partial charge is 0.495 e. The van der Waals surface area contributed by atoms with Crippen molar-refractivity contribution in [2.24, 2.45) is 4.99 Å². The summed E-state index contributed by atoms with van der Waals surface area (Å²) < 4.78 is 0. The molecule has 0 amide bonds. The van der Waals surface area contributed by atoms with E-state index in [0.717, 1.165) is 0 Å². The summed E-state index contributed by atoms with van der Waals surface area (Å²) in [6, 6.07) is -0.522. The van der Waals surface area contributed by atoms with Crippen LogP contribution in [-0.4, -0.2) is 23.8 Å². The molecular weight excluding hydrogens is 120 g/mol. The molecule has 0 spiro atoms. The fraction of sp³-hybridized carbons (Fsp3) is 0.200. The second kappa shape index (κ2) is 2.30. The quantitative estimate of drug-likeness (QED) is 0.469. The maximum atomic E-state index is 10.0. The molecule has 0 aromatic rings. The van der Waals surface area contributed by atoms with Gasteiger partial charge in [0.05, 0.1) is 6.34 Å². The first-order chi connectivity index (χ1) is 4.33. The smallest absolute Gasteiger partial charge is 0.187 e. The van der Waals surface area contributed by atoms with Crippen LogP contribution in [0.3, 0.4) is 0 Å². The third-order valence-electron chi connectivity index (χ3n) is 0.927. The van der Waals surface area contributed by atoms with Gasteiger partial charge in [0.25, 0.3) is 0 Å². The van der Waals surface area contributed by atoms with Gasteiger partial charge in [0.2, 0.25) is 0 Å². The van der Waals surface area contributed by atoms with Gasteiger partial charge < -0.3 is 15.2 Å². The number of aliphatic hydroxyl groups excluding tert-OH is 1. The van der Waals surface area contributed by atoms with Gasteiger partial charge >= 0.3 is 0 Å². The molecule has 1 atom stereocenters. The summed E-state index contributed by atoms with van der Waals surface area (Å²) in [5, 5.41) is 11.1. The zero-order chi connectivity index (χ0) is 6.69. The maximum Gasteiger partial charge on any atom is 0.187 e. The normalized spacial score (nSPS) is 24.4. The summed E-state index contributed by atoms with van der Waals surface area (Å²) in [7, 11) is 0. The van der Waals surface area contributed by atoms with E-state index in [1.165, 1.54) is 12.4 Å². The van der Waals surface area contributed by atoms with Crippen molar-refractivity contribution in [3.05, 3.63) is 12.0 Å². The Morgan fingerprint density at radius 3 is 3.11 bits per heavy atom. The zero-order valence-electron chi connectivity index (χ0n) is 4.61. The van der Waals surface area contributed by atoms with Crippen LogP contribution in [0.2, 0.25) is 0 Å². The Morgan fingerprint density at radius 1 is 1.89 bits per heavy atom. The first-order valence-electron chi connectivity index (χ1n) is 2.47. The fourth-order valence-corrected chi connectivity index (χ4v) is 0.517. The number of hydrogen-bond donors (Lipinski definition) is 2.